The number of benzene rings is 1. The second-order valence-electron chi connectivity index (χ2n) is 5.53. The van der Waals surface area contributed by atoms with E-state index in [9.17, 15) is 23.1 Å². The first-order valence-corrected chi connectivity index (χ1v) is 6.57. The largest absolute Gasteiger partial charge is 0.508 e. The maximum atomic E-state index is 12.9. The lowest BCUT2D eigenvalue weighted by molar-refractivity contribution is -0.194. The van der Waals surface area contributed by atoms with Crippen molar-refractivity contribution in [2.75, 3.05) is 0 Å². The number of alkyl halides is 3. The zero-order valence-electron chi connectivity index (χ0n) is 11.5. The Kier molecular flexibility index (Phi) is 3.88. The summed E-state index contributed by atoms with van der Waals surface area (Å²) in [4.78, 5) is 13.4. The first-order chi connectivity index (χ1) is 9.63. The fourth-order valence-electron chi connectivity index (χ4n) is 2.02. The third-order valence-electron chi connectivity index (χ3n) is 3.55. The topological polar surface area (TPSA) is 66.6 Å². The van der Waals surface area contributed by atoms with Crippen LogP contribution in [0.3, 0.4) is 0 Å². The third kappa shape index (κ3) is 3.29. The van der Waals surface area contributed by atoms with Crippen LogP contribution >= 0.6 is 0 Å². The molecule has 0 aromatic heterocycles. The maximum Gasteiger partial charge on any atom is 0.415 e. The summed E-state index contributed by atoms with van der Waals surface area (Å²) in [5, 5.41) is 9.40. The highest BCUT2D eigenvalue weighted by atomic mass is 19.4. The van der Waals surface area contributed by atoms with Gasteiger partial charge < -0.3 is 15.7 Å². The number of nitrogens with zero attached hydrogens (tertiary/aromatic N) is 1. The summed E-state index contributed by atoms with van der Waals surface area (Å²) < 4.78 is 38.8. The summed E-state index contributed by atoms with van der Waals surface area (Å²) in [5.74, 6) is -1.14. The SMILES string of the molecule is CC(N)(C(=O)N(Cc1cccc(O)c1)C1CC1)C(F)(F)F. The van der Waals surface area contributed by atoms with Crippen LogP contribution in [-0.2, 0) is 11.3 Å². The number of phenolic OH excluding ortho intramolecular Hbond substituents is 1. The van der Waals surface area contributed by atoms with Gasteiger partial charge in [0.15, 0.2) is 5.54 Å². The molecule has 0 heterocycles. The average Bonchev–Trinajstić information content (AvgIpc) is 3.18. The van der Waals surface area contributed by atoms with E-state index in [-0.39, 0.29) is 18.3 Å². The van der Waals surface area contributed by atoms with Gasteiger partial charge in [-0.2, -0.15) is 13.2 Å². The van der Waals surface area contributed by atoms with Gasteiger partial charge in [0.05, 0.1) is 0 Å². The predicted molar refractivity (Wildman–Crippen MR) is 70.3 cm³/mol. The number of aromatic hydroxyl groups is 1. The molecule has 1 aliphatic carbocycles. The molecule has 1 fully saturated rings. The molecule has 1 aromatic carbocycles. The number of carbonyl (C=O) groups is 1. The van der Waals surface area contributed by atoms with Gasteiger partial charge in [0.2, 0.25) is 0 Å². The predicted octanol–water partition coefficient (Wildman–Crippen LogP) is 2.16. The Labute approximate surface area is 120 Å². The van der Waals surface area contributed by atoms with Crippen LogP contribution in [0, 0.1) is 0 Å². The van der Waals surface area contributed by atoms with Gasteiger partial charge in [-0.15, -0.1) is 0 Å². The van der Waals surface area contributed by atoms with E-state index in [1.165, 1.54) is 12.1 Å². The molecule has 1 amide bonds. The number of hydrogen-bond donors (Lipinski definition) is 2. The van der Waals surface area contributed by atoms with Crippen LogP contribution in [0.5, 0.6) is 5.75 Å². The summed E-state index contributed by atoms with van der Waals surface area (Å²) in [6.07, 6.45) is -3.48. The molecule has 0 saturated heterocycles. The monoisotopic (exact) mass is 302 g/mol. The second-order valence-corrected chi connectivity index (χ2v) is 5.53. The van der Waals surface area contributed by atoms with Gasteiger partial charge in [0, 0.05) is 12.6 Å². The zero-order chi connectivity index (χ0) is 15.8. The number of rotatable bonds is 4. The Hall–Kier alpha value is -1.76. The summed E-state index contributed by atoms with van der Waals surface area (Å²) in [6, 6.07) is 5.87. The maximum absolute atomic E-state index is 12.9. The summed E-state index contributed by atoms with van der Waals surface area (Å²) in [6.45, 7) is 0.688. The Balaban J connectivity index is 2.22. The first kappa shape index (κ1) is 15.6. The molecule has 1 unspecified atom stereocenters. The van der Waals surface area contributed by atoms with Crippen LogP contribution in [0.25, 0.3) is 0 Å². The van der Waals surface area contributed by atoms with Gasteiger partial charge in [0.25, 0.3) is 5.91 Å². The van der Waals surface area contributed by atoms with Crippen molar-refractivity contribution in [3.05, 3.63) is 29.8 Å². The number of hydrogen-bond acceptors (Lipinski definition) is 3. The van der Waals surface area contributed by atoms with Crippen molar-refractivity contribution >= 4 is 5.91 Å². The van der Waals surface area contributed by atoms with Crippen LogP contribution in [0.4, 0.5) is 13.2 Å². The molecule has 7 heteroatoms. The van der Waals surface area contributed by atoms with Crippen molar-refractivity contribution in [3.63, 3.8) is 0 Å². The highest BCUT2D eigenvalue weighted by Crippen LogP contribution is 2.35. The van der Waals surface area contributed by atoms with Crippen LogP contribution in [-0.4, -0.2) is 33.7 Å². The molecule has 116 valence electrons. The van der Waals surface area contributed by atoms with E-state index >= 15 is 0 Å². The van der Waals surface area contributed by atoms with E-state index in [4.69, 9.17) is 5.73 Å². The highest BCUT2D eigenvalue weighted by molar-refractivity contribution is 5.87. The molecule has 1 atom stereocenters. The van der Waals surface area contributed by atoms with E-state index in [0.29, 0.717) is 25.3 Å². The van der Waals surface area contributed by atoms with Crippen molar-refractivity contribution in [3.8, 4) is 5.75 Å². The van der Waals surface area contributed by atoms with Crippen molar-refractivity contribution < 1.29 is 23.1 Å². The molecule has 3 N–H and O–H groups in total. The number of carbonyl (C=O) groups excluding carboxylic acids is 1. The minimum atomic E-state index is -4.81. The number of nitrogens with two attached hydrogens (primary N) is 1. The van der Waals surface area contributed by atoms with E-state index in [1.54, 1.807) is 12.1 Å². The fraction of sp³-hybridized carbons (Fsp3) is 0.500. The number of amides is 1. The summed E-state index contributed by atoms with van der Waals surface area (Å²) in [5.41, 5.74) is 2.87. The summed E-state index contributed by atoms with van der Waals surface area (Å²) in [7, 11) is 0. The molecule has 0 radical (unpaired) electrons. The van der Waals surface area contributed by atoms with Crippen molar-refractivity contribution in [2.24, 2.45) is 5.73 Å². The van der Waals surface area contributed by atoms with E-state index in [1.807, 2.05) is 0 Å². The molecule has 4 nitrogen and oxygen atoms in total. The molecule has 21 heavy (non-hydrogen) atoms. The molecule has 1 aliphatic rings. The van der Waals surface area contributed by atoms with Crippen LogP contribution < -0.4 is 5.73 Å². The minimum Gasteiger partial charge on any atom is -0.508 e. The third-order valence-corrected chi connectivity index (χ3v) is 3.55. The second kappa shape index (κ2) is 5.22. The van der Waals surface area contributed by atoms with Gasteiger partial charge in [-0.05, 0) is 37.5 Å². The van der Waals surface area contributed by atoms with Gasteiger partial charge in [-0.25, -0.2) is 0 Å². The lowest BCUT2D eigenvalue weighted by Gasteiger charge is -2.33. The minimum absolute atomic E-state index is 0.000764. The average molecular weight is 302 g/mol. The summed E-state index contributed by atoms with van der Waals surface area (Å²) >= 11 is 0. The van der Waals surface area contributed by atoms with E-state index in [2.05, 4.69) is 0 Å². The molecule has 1 aromatic rings. The number of phenols is 1. The van der Waals surface area contributed by atoms with Gasteiger partial charge in [-0.1, -0.05) is 12.1 Å². The van der Waals surface area contributed by atoms with Crippen molar-refractivity contribution in [2.45, 2.75) is 44.1 Å². The standard InChI is InChI=1S/C14H17F3N2O2/c1-13(18,14(15,16)17)12(21)19(10-5-6-10)8-9-3-2-4-11(20)7-9/h2-4,7,10,20H,5-6,8,18H2,1H3. The van der Waals surface area contributed by atoms with Gasteiger partial charge in [-0.3, -0.25) is 4.79 Å². The molecule has 0 aliphatic heterocycles. The van der Waals surface area contributed by atoms with Crippen molar-refractivity contribution in [1.29, 1.82) is 0 Å². The zero-order valence-corrected chi connectivity index (χ0v) is 11.5. The normalized spacial score (nSPS) is 18.1. The lowest BCUT2D eigenvalue weighted by Crippen LogP contribution is -2.62. The lowest BCUT2D eigenvalue weighted by atomic mass is 10.0. The quantitative estimate of drug-likeness (QED) is 0.895. The molecule has 2 rings (SSSR count). The Morgan fingerprint density at radius 1 is 1.43 bits per heavy atom. The van der Waals surface area contributed by atoms with E-state index < -0.39 is 17.6 Å². The molecule has 1 saturated carbocycles. The van der Waals surface area contributed by atoms with Gasteiger partial charge in [0.1, 0.15) is 5.75 Å². The smallest absolute Gasteiger partial charge is 0.415 e. The van der Waals surface area contributed by atoms with Crippen molar-refractivity contribution in [1.82, 2.24) is 4.90 Å². The van der Waals surface area contributed by atoms with Crippen LogP contribution in [0.15, 0.2) is 24.3 Å². The number of halogens is 3. The Bertz CT molecular complexity index is 539. The van der Waals surface area contributed by atoms with E-state index in [0.717, 1.165) is 4.90 Å². The molecular formula is C14H17F3N2O2. The Morgan fingerprint density at radius 3 is 2.52 bits per heavy atom. The van der Waals surface area contributed by atoms with Gasteiger partial charge >= 0.3 is 6.18 Å². The molecule has 0 spiro atoms. The van der Waals surface area contributed by atoms with Crippen LogP contribution in [0.2, 0.25) is 0 Å². The van der Waals surface area contributed by atoms with Crippen LogP contribution in [0.1, 0.15) is 25.3 Å². The Morgan fingerprint density at radius 2 is 2.05 bits per heavy atom. The highest BCUT2D eigenvalue weighted by Gasteiger charge is 2.56. The molecular weight excluding hydrogens is 285 g/mol. The fourth-order valence-corrected chi connectivity index (χ4v) is 2.02. The first-order valence-electron chi connectivity index (χ1n) is 6.57. The molecule has 0 bridgehead atoms.